The van der Waals surface area contributed by atoms with Gasteiger partial charge in [-0.25, -0.2) is 0 Å². The van der Waals surface area contributed by atoms with Gasteiger partial charge in [-0.2, -0.15) is 0 Å². The summed E-state index contributed by atoms with van der Waals surface area (Å²) in [6, 6.07) is 10.2. The lowest BCUT2D eigenvalue weighted by atomic mass is 10.2. The first kappa shape index (κ1) is 8.24. The number of hydrogen-bond donors (Lipinski definition) is 1. The molecule has 0 saturated carbocycles. The summed E-state index contributed by atoms with van der Waals surface area (Å²) in [6.45, 7) is 2.29. The molecule has 0 unspecified atom stereocenters. The first-order valence-corrected chi connectivity index (χ1v) is 3.84. The number of rotatable bonds is 4. The minimum atomic E-state index is 0.705. The highest BCUT2D eigenvalue weighted by Gasteiger charge is 1.89. The molecule has 1 aromatic carbocycles. The Morgan fingerprint density at radius 2 is 1.91 bits per heavy atom. The van der Waals surface area contributed by atoms with Crippen molar-refractivity contribution in [3.8, 4) is 0 Å². The van der Waals surface area contributed by atoms with Crippen molar-refractivity contribution < 1.29 is 10.5 Å². The van der Waals surface area contributed by atoms with Crippen LogP contribution in [0.3, 0.4) is 0 Å². The zero-order valence-corrected chi connectivity index (χ0v) is 6.62. The molecule has 0 amide bonds. The van der Waals surface area contributed by atoms with Crippen LogP contribution in [-0.4, -0.2) is 13.2 Å². The highest BCUT2D eigenvalue weighted by Crippen LogP contribution is 1.99. The van der Waals surface area contributed by atoms with Crippen LogP contribution in [-0.2, 0) is 11.3 Å². The maximum absolute atomic E-state index is 5.31. The summed E-state index contributed by atoms with van der Waals surface area (Å²) in [5.74, 6) is 0. The topological polar surface area (TPSA) is 36.9 Å². The van der Waals surface area contributed by atoms with Gasteiger partial charge in [0.1, 0.15) is 0 Å². The number of benzene rings is 1. The number of ether oxygens (including phenoxy) is 1. The molecule has 0 spiro atoms. The van der Waals surface area contributed by atoms with E-state index in [9.17, 15) is 0 Å². The van der Waals surface area contributed by atoms with E-state index in [0.29, 0.717) is 6.61 Å². The van der Waals surface area contributed by atoms with Gasteiger partial charge in [0.25, 0.3) is 0 Å². The molecule has 2 heteroatoms. The minimum absolute atomic E-state index is 0.705. The first-order chi connectivity index (χ1) is 5.43. The number of hydrogen-bond acceptors (Lipinski definition) is 1. The van der Waals surface area contributed by atoms with E-state index < -0.39 is 0 Å². The molecule has 2 nitrogen and oxygen atoms in total. The van der Waals surface area contributed by atoms with E-state index in [1.807, 2.05) is 18.2 Å². The lowest BCUT2D eigenvalue weighted by Crippen LogP contribution is -2.52. The summed E-state index contributed by atoms with van der Waals surface area (Å²) in [6.07, 6.45) is 0. The molecule has 0 aromatic heterocycles. The normalized spacial score (nSPS) is 9.91. The van der Waals surface area contributed by atoms with Crippen molar-refractivity contribution in [2.24, 2.45) is 0 Å². The maximum atomic E-state index is 5.31. The average Bonchev–Trinajstić information content (AvgIpc) is 2.07. The van der Waals surface area contributed by atoms with Crippen LogP contribution in [0.5, 0.6) is 0 Å². The Hall–Kier alpha value is -0.860. The monoisotopic (exact) mass is 152 g/mol. The van der Waals surface area contributed by atoms with Crippen LogP contribution >= 0.6 is 0 Å². The largest absolute Gasteiger partial charge is 0.371 e. The highest BCUT2D eigenvalue weighted by atomic mass is 16.5. The molecule has 0 aliphatic heterocycles. The van der Waals surface area contributed by atoms with Gasteiger partial charge in [-0.05, 0) is 5.56 Å². The highest BCUT2D eigenvalue weighted by molar-refractivity contribution is 5.13. The van der Waals surface area contributed by atoms with Gasteiger partial charge >= 0.3 is 0 Å². The van der Waals surface area contributed by atoms with Crippen LogP contribution in [0.4, 0.5) is 0 Å². The van der Waals surface area contributed by atoms with Crippen molar-refractivity contribution in [1.82, 2.24) is 0 Å². The Morgan fingerprint density at radius 3 is 2.55 bits per heavy atom. The summed E-state index contributed by atoms with van der Waals surface area (Å²) < 4.78 is 5.31. The van der Waals surface area contributed by atoms with Crippen LogP contribution in [0.1, 0.15) is 5.56 Å². The number of quaternary nitrogens is 1. The second kappa shape index (κ2) is 4.88. The summed E-state index contributed by atoms with van der Waals surface area (Å²) in [5, 5.41) is 0. The lowest BCUT2D eigenvalue weighted by Gasteiger charge is -1.99. The van der Waals surface area contributed by atoms with Crippen molar-refractivity contribution in [2.75, 3.05) is 13.2 Å². The van der Waals surface area contributed by atoms with Crippen LogP contribution in [0.15, 0.2) is 30.3 Å². The molecule has 0 aliphatic carbocycles. The molecule has 0 heterocycles. The van der Waals surface area contributed by atoms with E-state index in [-0.39, 0.29) is 0 Å². The molecule has 0 fully saturated rings. The second-order valence-corrected chi connectivity index (χ2v) is 2.39. The van der Waals surface area contributed by atoms with Gasteiger partial charge in [0.2, 0.25) is 0 Å². The summed E-state index contributed by atoms with van der Waals surface area (Å²) in [4.78, 5) is 0. The van der Waals surface area contributed by atoms with Crippen molar-refractivity contribution in [1.29, 1.82) is 0 Å². The predicted molar refractivity (Wildman–Crippen MR) is 43.9 cm³/mol. The molecule has 11 heavy (non-hydrogen) atoms. The van der Waals surface area contributed by atoms with Crippen molar-refractivity contribution in [3.05, 3.63) is 35.9 Å². The quantitative estimate of drug-likeness (QED) is 0.625. The Balaban J connectivity index is 2.28. The summed E-state index contributed by atoms with van der Waals surface area (Å²) >= 11 is 0. The fraction of sp³-hybridized carbons (Fsp3) is 0.333. The molecule has 1 aromatic rings. The molecular weight excluding hydrogens is 138 g/mol. The second-order valence-electron chi connectivity index (χ2n) is 2.39. The van der Waals surface area contributed by atoms with Crippen molar-refractivity contribution in [2.45, 2.75) is 6.61 Å². The van der Waals surface area contributed by atoms with Gasteiger partial charge in [0.05, 0.1) is 19.8 Å². The Labute approximate surface area is 67.0 Å². The molecule has 0 bridgehead atoms. The fourth-order valence-electron chi connectivity index (χ4n) is 0.866. The minimum Gasteiger partial charge on any atom is -0.371 e. The molecule has 0 atom stereocenters. The smallest absolute Gasteiger partial charge is 0.0977 e. The van der Waals surface area contributed by atoms with Crippen molar-refractivity contribution in [3.63, 3.8) is 0 Å². The zero-order chi connectivity index (χ0) is 7.94. The zero-order valence-electron chi connectivity index (χ0n) is 6.62. The van der Waals surface area contributed by atoms with E-state index >= 15 is 0 Å². The van der Waals surface area contributed by atoms with Gasteiger partial charge in [-0.15, -0.1) is 0 Å². The van der Waals surface area contributed by atoms with Gasteiger partial charge < -0.3 is 10.5 Å². The Kier molecular flexibility index (Phi) is 3.65. The molecule has 3 N–H and O–H groups in total. The Bertz CT molecular complexity index is 186. The average molecular weight is 152 g/mol. The van der Waals surface area contributed by atoms with E-state index in [0.717, 1.165) is 13.2 Å². The molecule has 0 aliphatic rings. The summed E-state index contributed by atoms with van der Waals surface area (Å²) in [5.41, 5.74) is 4.91. The first-order valence-electron chi connectivity index (χ1n) is 3.84. The van der Waals surface area contributed by atoms with Crippen LogP contribution < -0.4 is 5.73 Å². The van der Waals surface area contributed by atoms with Gasteiger partial charge in [0.15, 0.2) is 0 Å². The summed E-state index contributed by atoms with van der Waals surface area (Å²) in [7, 11) is 0. The maximum Gasteiger partial charge on any atom is 0.0977 e. The van der Waals surface area contributed by atoms with E-state index in [1.54, 1.807) is 0 Å². The third-order valence-corrected chi connectivity index (χ3v) is 1.40. The SMILES string of the molecule is [NH3+]CCOCc1ccccc1. The molecule has 1 rings (SSSR count). The van der Waals surface area contributed by atoms with E-state index in [4.69, 9.17) is 4.74 Å². The van der Waals surface area contributed by atoms with Gasteiger partial charge in [-0.3, -0.25) is 0 Å². The molecular formula is C9H14NO+. The van der Waals surface area contributed by atoms with Gasteiger partial charge in [-0.1, -0.05) is 30.3 Å². The molecule has 0 saturated heterocycles. The van der Waals surface area contributed by atoms with Gasteiger partial charge in [0, 0.05) is 0 Å². The third kappa shape index (κ3) is 3.16. The van der Waals surface area contributed by atoms with Crippen LogP contribution in [0.2, 0.25) is 0 Å². The fourth-order valence-corrected chi connectivity index (χ4v) is 0.866. The van der Waals surface area contributed by atoms with E-state index in [1.165, 1.54) is 5.56 Å². The van der Waals surface area contributed by atoms with Crippen LogP contribution in [0.25, 0.3) is 0 Å². The van der Waals surface area contributed by atoms with Crippen LogP contribution in [0, 0.1) is 0 Å². The molecule has 60 valence electrons. The lowest BCUT2D eigenvalue weighted by molar-refractivity contribution is -0.374. The van der Waals surface area contributed by atoms with Crippen molar-refractivity contribution >= 4 is 0 Å². The molecule has 0 radical (unpaired) electrons. The Morgan fingerprint density at radius 1 is 1.18 bits per heavy atom. The van der Waals surface area contributed by atoms with E-state index in [2.05, 4.69) is 17.9 Å². The standard InChI is InChI=1S/C9H13NO/c10-6-7-11-8-9-4-2-1-3-5-9/h1-5H,6-8,10H2/p+1. The predicted octanol–water partition coefficient (Wildman–Crippen LogP) is 0.445. The third-order valence-electron chi connectivity index (χ3n) is 1.40.